The van der Waals surface area contributed by atoms with Crippen molar-refractivity contribution in [1.82, 2.24) is 0 Å². The monoisotopic (exact) mass is 367 g/mol. The lowest BCUT2D eigenvalue weighted by molar-refractivity contribution is -0.385. The van der Waals surface area contributed by atoms with E-state index in [1.54, 1.807) is 6.92 Å². The van der Waals surface area contributed by atoms with Crippen LogP contribution in [0.5, 0.6) is 5.75 Å². The summed E-state index contributed by atoms with van der Waals surface area (Å²) in [4.78, 5) is 10.1. The lowest BCUT2D eigenvalue weighted by Gasteiger charge is -2.11. The van der Waals surface area contributed by atoms with Gasteiger partial charge in [-0.25, -0.2) is 0 Å². The highest BCUT2D eigenvalue weighted by molar-refractivity contribution is 9.11. The molecule has 0 fully saturated rings. The SMILES string of the molecule is CC(O)CCOc1c(Br)cc([N+](=O)[O-])cc1Br. The Morgan fingerprint density at radius 2 is 2.00 bits per heavy atom. The predicted octanol–water partition coefficient (Wildman–Crippen LogP) is 3.27. The van der Waals surface area contributed by atoms with Gasteiger partial charge in [-0.1, -0.05) is 0 Å². The van der Waals surface area contributed by atoms with Crippen molar-refractivity contribution < 1.29 is 14.8 Å². The lowest BCUT2D eigenvalue weighted by Crippen LogP contribution is -2.08. The summed E-state index contributed by atoms with van der Waals surface area (Å²) in [5.41, 5.74) is -0.0216. The standard InChI is InChI=1S/C10H11Br2NO4/c1-6(14)2-3-17-10-8(11)4-7(13(15)16)5-9(10)12/h4-6,14H,2-3H2,1H3. The van der Waals surface area contributed by atoms with Crippen LogP contribution in [-0.4, -0.2) is 22.7 Å². The largest absolute Gasteiger partial charge is 0.491 e. The van der Waals surface area contributed by atoms with E-state index in [0.717, 1.165) is 0 Å². The summed E-state index contributed by atoms with van der Waals surface area (Å²) in [5.74, 6) is 0.497. The maximum atomic E-state index is 10.6. The molecule has 0 amide bonds. The summed E-state index contributed by atoms with van der Waals surface area (Å²) in [7, 11) is 0. The molecule has 1 N–H and O–H groups in total. The number of non-ortho nitro benzene ring substituents is 1. The fourth-order valence-electron chi connectivity index (χ4n) is 1.12. The van der Waals surface area contributed by atoms with Crippen LogP contribution in [0.4, 0.5) is 5.69 Å². The van der Waals surface area contributed by atoms with Crippen LogP contribution in [0.2, 0.25) is 0 Å². The number of nitrogens with zero attached hydrogens (tertiary/aromatic N) is 1. The van der Waals surface area contributed by atoms with Gasteiger partial charge >= 0.3 is 0 Å². The minimum Gasteiger partial charge on any atom is -0.491 e. The molecule has 0 spiro atoms. The van der Waals surface area contributed by atoms with Gasteiger partial charge in [-0.15, -0.1) is 0 Å². The van der Waals surface area contributed by atoms with Gasteiger partial charge in [-0.05, 0) is 38.8 Å². The Morgan fingerprint density at radius 3 is 2.41 bits per heavy atom. The third-order valence-electron chi connectivity index (χ3n) is 1.98. The highest BCUT2D eigenvalue weighted by Crippen LogP contribution is 2.37. The van der Waals surface area contributed by atoms with Crippen LogP contribution < -0.4 is 4.74 Å². The Morgan fingerprint density at radius 1 is 1.47 bits per heavy atom. The molecule has 94 valence electrons. The molecule has 0 heterocycles. The number of benzene rings is 1. The van der Waals surface area contributed by atoms with Crippen LogP contribution in [0.15, 0.2) is 21.1 Å². The van der Waals surface area contributed by atoms with Crippen molar-refractivity contribution in [3.05, 3.63) is 31.2 Å². The van der Waals surface area contributed by atoms with Gasteiger partial charge in [0.25, 0.3) is 5.69 Å². The topological polar surface area (TPSA) is 72.6 Å². The second-order valence-electron chi connectivity index (χ2n) is 3.48. The first-order valence-corrected chi connectivity index (χ1v) is 6.44. The maximum absolute atomic E-state index is 10.6. The molecule has 0 aliphatic heterocycles. The number of nitro benzene ring substituents is 1. The average molecular weight is 369 g/mol. The Labute approximate surface area is 115 Å². The third-order valence-corrected chi connectivity index (χ3v) is 3.15. The van der Waals surface area contributed by atoms with Gasteiger partial charge in [0.15, 0.2) is 0 Å². The van der Waals surface area contributed by atoms with E-state index in [2.05, 4.69) is 31.9 Å². The van der Waals surface area contributed by atoms with Gasteiger partial charge in [0.1, 0.15) is 5.75 Å². The van der Waals surface area contributed by atoms with Gasteiger partial charge in [-0.2, -0.15) is 0 Å². The van der Waals surface area contributed by atoms with E-state index in [1.807, 2.05) is 0 Å². The van der Waals surface area contributed by atoms with Crippen LogP contribution >= 0.6 is 31.9 Å². The Kier molecular flexibility index (Phi) is 5.35. The smallest absolute Gasteiger partial charge is 0.271 e. The van der Waals surface area contributed by atoms with Crippen molar-refractivity contribution in [1.29, 1.82) is 0 Å². The van der Waals surface area contributed by atoms with Crippen molar-refractivity contribution in [2.75, 3.05) is 6.61 Å². The molecule has 1 aromatic carbocycles. The summed E-state index contributed by atoms with van der Waals surface area (Å²) >= 11 is 6.42. The van der Waals surface area contributed by atoms with Gasteiger partial charge in [-0.3, -0.25) is 10.1 Å². The number of halogens is 2. The highest BCUT2D eigenvalue weighted by atomic mass is 79.9. The molecule has 7 heteroatoms. The van der Waals surface area contributed by atoms with Crippen molar-refractivity contribution in [3.63, 3.8) is 0 Å². The Hall–Kier alpha value is -0.660. The van der Waals surface area contributed by atoms with E-state index < -0.39 is 11.0 Å². The first-order valence-electron chi connectivity index (χ1n) is 4.86. The maximum Gasteiger partial charge on any atom is 0.271 e. The van der Waals surface area contributed by atoms with E-state index in [1.165, 1.54) is 12.1 Å². The van der Waals surface area contributed by atoms with Crippen LogP contribution in [0, 0.1) is 10.1 Å². The molecular weight excluding hydrogens is 358 g/mol. The van der Waals surface area contributed by atoms with Crippen LogP contribution in [0.1, 0.15) is 13.3 Å². The molecule has 0 bridgehead atoms. The molecule has 0 saturated carbocycles. The van der Waals surface area contributed by atoms with Gasteiger partial charge < -0.3 is 9.84 Å². The Balaban J connectivity index is 2.83. The van der Waals surface area contributed by atoms with Gasteiger partial charge in [0, 0.05) is 18.6 Å². The summed E-state index contributed by atoms with van der Waals surface area (Å²) in [5, 5.41) is 19.7. The van der Waals surface area contributed by atoms with E-state index in [0.29, 0.717) is 27.7 Å². The van der Waals surface area contributed by atoms with Crippen molar-refractivity contribution in [2.45, 2.75) is 19.4 Å². The molecule has 5 nitrogen and oxygen atoms in total. The number of nitro groups is 1. The van der Waals surface area contributed by atoms with E-state index in [4.69, 9.17) is 9.84 Å². The third kappa shape index (κ3) is 4.25. The molecule has 1 rings (SSSR count). The second kappa shape index (κ2) is 6.32. The molecule has 17 heavy (non-hydrogen) atoms. The molecule has 0 radical (unpaired) electrons. The zero-order valence-corrected chi connectivity index (χ0v) is 12.2. The fourth-order valence-corrected chi connectivity index (χ4v) is 2.51. The van der Waals surface area contributed by atoms with Crippen LogP contribution in [-0.2, 0) is 0 Å². The van der Waals surface area contributed by atoms with Crippen molar-refractivity contribution >= 4 is 37.5 Å². The quantitative estimate of drug-likeness (QED) is 0.639. The lowest BCUT2D eigenvalue weighted by atomic mass is 10.3. The molecule has 1 aromatic rings. The molecule has 0 aliphatic carbocycles. The summed E-state index contributed by atoms with van der Waals surface area (Å²) in [6, 6.07) is 2.75. The molecule has 1 atom stereocenters. The highest BCUT2D eigenvalue weighted by Gasteiger charge is 2.15. The van der Waals surface area contributed by atoms with Crippen LogP contribution in [0.25, 0.3) is 0 Å². The average Bonchev–Trinajstić information content (AvgIpc) is 2.21. The van der Waals surface area contributed by atoms with E-state index in [-0.39, 0.29) is 5.69 Å². The minimum absolute atomic E-state index is 0.0216. The normalized spacial score (nSPS) is 12.2. The fraction of sp³-hybridized carbons (Fsp3) is 0.400. The predicted molar refractivity (Wildman–Crippen MR) is 70.3 cm³/mol. The zero-order valence-electron chi connectivity index (χ0n) is 9.02. The number of aliphatic hydroxyl groups excluding tert-OH is 1. The molecule has 1 unspecified atom stereocenters. The minimum atomic E-state index is -0.477. The van der Waals surface area contributed by atoms with Gasteiger partial charge in [0.2, 0.25) is 0 Å². The zero-order chi connectivity index (χ0) is 13.0. The summed E-state index contributed by atoms with van der Waals surface area (Å²) in [6.45, 7) is 2.01. The molecular formula is C10H11Br2NO4. The molecule has 0 aromatic heterocycles. The van der Waals surface area contributed by atoms with E-state index in [9.17, 15) is 10.1 Å². The van der Waals surface area contributed by atoms with Gasteiger partial charge in [0.05, 0.1) is 26.6 Å². The molecule has 0 saturated heterocycles. The second-order valence-corrected chi connectivity index (χ2v) is 5.19. The van der Waals surface area contributed by atoms with Crippen molar-refractivity contribution in [2.24, 2.45) is 0 Å². The summed E-state index contributed by atoms with van der Waals surface area (Å²) in [6.07, 6.45) is 0.0566. The van der Waals surface area contributed by atoms with Crippen LogP contribution in [0.3, 0.4) is 0 Å². The van der Waals surface area contributed by atoms with Crippen molar-refractivity contribution in [3.8, 4) is 5.75 Å². The number of aliphatic hydroxyl groups is 1. The number of hydrogen-bond acceptors (Lipinski definition) is 4. The first-order chi connectivity index (χ1) is 7.91. The number of ether oxygens (including phenoxy) is 1. The first kappa shape index (κ1) is 14.4. The molecule has 0 aliphatic rings. The van der Waals surface area contributed by atoms with E-state index >= 15 is 0 Å². The number of rotatable bonds is 5. The number of hydrogen-bond donors (Lipinski definition) is 1. The Bertz CT molecular complexity index is 400. The summed E-state index contributed by atoms with van der Waals surface area (Å²) < 4.78 is 6.44.